The van der Waals surface area contributed by atoms with E-state index in [4.69, 9.17) is 9.47 Å². The number of hydrogen-bond donors (Lipinski definition) is 0. The molecule has 0 spiro atoms. The van der Waals surface area contributed by atoms with Crippen molar-refractivity contribution in [1.82, 2.24) is 4.90 Å². The average molecular weight is 418 g/mol. The van der Waals surface area contributed by atoms with Gasteiger partial charge in [0.25, 0.3) is 0 Å². The van der Waals surface area contributed by atoms with Crippen molar-refractivity contribution in [3.8, 4) is 5.75 Å². The molecule has 0 radical (unpaired) electrons. The number of ether oxygens (including phenoxy) is 2. The van der Waals surface area contributed by atoms with Gasteiger partial charge in [0.05, 0.1) is 6.54 Å². The third kappa shape index (κ3) is 4.58. The third-order valence-electron chi connectivity index (χ3n) is 4.20. The highest BCUT2D eigenvalue weighted by molar-refractivity contribution is 9.10. The highest BCUT2D eigenvalue weighted by Crippen LogP contribution is 2.34. The van der Waals surface area contributed by atoms with Crippen molar-refractivity contribution < 1.29 is 14.3 Å². The van der Waals surface area contributed by atoms with E-state index in [1.807, 2.05) is 51.1 Å². The number of rotatable bonds is 3. The molecule has 0 bridgehead atoms. The summed E-state index contributed by atoms with van der Waals surface area (Å²) >= 11 is 3.62. The van der Waals surface area contributed by atoms with Crippen LogP contribution in [-0.4, -0.2) is 23.1 Å². The van der Waals surface area contributed by atoms with Gasteiger partial charge in [-0.1, -0.05) is 46.3 Å². The Balaban J connectivity index is 1.75. The first-order chi connectivity index (χ1) is 12.3. The van der Waals surface area contributed by atoms with E-state index in [0.717, 1.165) is 33.3 Å². The highest BCUT2D eigenvalue weighted by atomic mass is 79.9. The molecule has 0 saturated heterocycles. The Morgan fingerprint density at radius 2 is 1.85 bits per heavy atom. The molecule has 1 heterocycles. The van der Waals surface area contributed by atoms with Crippen molar-refractivity contribution in [1.29, 1.82) is 0 Å². The maximum Gasteiger partial charge on any atom is 0.410 e. The van der Waals surface area contributed by atoms with E-state index < -0.39 is 5.60 Å². The van der Waals surface area contributed by atoms with E-state index in [0.29, 0.717) is 19.7 Å². The zero-order valence-corrected chi connectivity index (χ0v) is 17.0. The number of carbonyl (C=O) groups is 1. The summed E-state index contributed by atoms with van der Waals surface area (Å²) in [5, 5.41) is 0. The second-order valence-electron chi connectivity index (χ2n) is 7.43. The third-order valence-corrected chi connectivity index (χ3v) is 4.94. The first kappa shape index (κ1) is 18.8. The van der Waals surface area contributed by atoms with Gasteiger partial charge < -0.3 is 14.4 Å². The van der Waals surface area contributed by atoms with Gasteiger partial charge in [0.2, 0.25) is 0 Å². The highest BCUT2D eigenvalue weighted by Gasteiger charge is 2.28. The van der Waals surface area contributed by atoms with Crippen molar-refractivity contribution in [3.05, 3.63) is 63.6 Å². The molecule has 1 aliphatic rings. The normalized spacial score (nSPS) is 13.9. The molecule has 1 amide bonds. The van der Waals surface area contributed by atoms with Gasteiger partial charge in [0.15, 0.2) is 0 Å². The Kier molecular flexibility index (Phi) is 5.56. The van der Waals surface area contributed by atoms with Gasteiger partial charge in [-0.05, 0) is 50.5 Å². The summed E-state index contributed by atoms with van der Waals surface area (Å²) in [5.74, 6) is 0.885. The van der Waals surface area contributed by atoms with Crippen LogP contribution in [0.2, 0.25) is 0 Å². The lowest BCUT2D eigenvalue weighted by atomic mass is 9.99. The predicted molar refractivity (Wildman–Crippen MR) is 105 cm³/mol. The monoisotopic (exact) mass is 417 g/mol. The van der Waals surface area contributed by atoms with Crippen LogP contribution in [0.15, 0.2) is 46.9 Å². The minimum absolute atomic E-state index is 0.273. The molecule has 0 fully saturated rings. The van der Waals surface area contributed by atoms with Crippen LogP contribution in [0.5, 0.6) is 5.75 Å². The van der Waals surface area contributed by atoms with E-state index >= 15 is 0 Å². The number of fused-ring (bicyclic) bond motifs is 1. The molecule has 26 heavy (non-hydrogen) atoms. The molecule has 2 aromatic carbocycles. The summed E-state index contributed by atoms with van der Waals surface area (Å²) in [4.78, 5) is 14.1. The summed E-state index contributed by atoms with van der Waals surface area (Å²) < 4.78 is 12.6. The number of hydrogen-bond acceptors (Lipinski definition) is 3. The van der Waals surface area contributed by atoms with Gasteiger partial charge in [0.1, 0.15) is 18.0 Å². The van der Waals surface area contributed by atoms with Crippen molar-refractivity contribution in [3.63, 3.8) is 0 Å². The number of amides is 1. The van der Waals surface area contributed by atoms with Crippen LogP contribution >= 0.6 is 15.9 Å². The van der Waals surface area contributed by atoms with Crippen LogP contribution in [0, 0.1) is 0 Å². The average Bonchev–Trinajstić information content (AvgIpc) is 2.60. The maximum absolute atomic E-state index is 12.4. The van der Waals surface area contributed by atoms with Crippen LogP contribution in [0.4, 0.5) is 4.79 Å². The van der Waals surface area contributed by atoms with Crippen molar-refractivity contribution in [2.75, 3.05) is 6.54 Å². The summed E-state index contributed by atoms with van der Waals surface area (Å²) in [6.45, 7) is 7.33. The first-order valence-corrected chi connectivity index (χ1v) is 9.58. The van der Waals surface area contributed by atoms with E-state index in [9.17, 15) is 4.79 Å². The molecule has 1 aliphatic heterocycles. The second kappa shape index (κ2) is 7.70. The molecule has 138 valence electrons. The first-order valence-electron chi connectivity index (χ1n) is 8.78. The lowest BCUT2D eigenvalue weighted by Gasteiger charge is -2.32. The minimum Gasteiger partial charge on any atom is -0.489 e. The molecule has 0 aliphatic carbocycles. The van der Waals surface area contributed by atoms with Crippen LogP contribution in [-0.2, 0) is 24.3 Å². The molecule has 0 N–H and O–H groups in total. The van der Waals surface area contributed by atoms with Gasteiger partial charge in [-0.15, -0.1) is 0 Å². The number of halogens is 1. The molecule has 0 atom stereocenters. The largest absolute Gasteiger partial charge is 0.489 e. The lowest BCUT2D eigenvalue weighted by Crippen LogP contribution is -2.40. The van der Waals surface area contributed by atoms with Crippen LogP contribution in [0.25, 0.3) is 0 Å². The molecule has 0 aromatic heterocycles. The fourth-order valence-corrected chi connectivity index (χ4v) is 3.45. The molecular weight excluding hydrogens is 394 g/mol. The molecule has 4 nitrogen and oxygen atoms in total. The standard InChI is InChI=1S/C21H24BrNO3/c1-21(2,3)26-20(24)23-12-11-16-17(13-23)18(22)9-10-19(16)25-14-15-7-5-4-6-8-15/h4-10H,11-14H2,1-3H3. The number of carbonyl (C=O) groups excluding carboxylic acids is 1. The van der Waals surface area contributed by atoms with E-state index in [1.165, 1.54) is 0 Å². The topological polar surface area (TPSA) is 38.8 Å². The number of benzene rings is 2. The van der Waals surface area contributed by atoms with Crippen molar-refractivity contribution in [2.45, 2.75) is 45.9 Å². The Morgan fingerprint density at radius 3 is 2.54 bits per heavy atom. The van der Waals surface area contributed by atoms with Gasteiger partial charge in [-0.3, -0.25) is 0 Å². The Bertz CT molecular complexity index is 784. The van der Waals surface area contributed by atoms with E-state index in [2.05, 4.69) is 28.1 Å². The fraction of sp³-hybridized carbons (Fsp3) is 0.381. The van der Waals surface area contributed by atoms with E-state index in [1.54, 1.807) is 4.90 Å². The van der Waals surface area contributed by atoms with Crippen molar-refractivity contribution >= 4 is 22.0 Å². The lowest BCUT2D eigenvalue weighted by molar-refractivity contribution is 0.0222. The molecule has 5 heteroatoms. The number of nitrogens with zero attached hydrogens (tertiary/aromatic N) is 1. The van der Waals surface area contributed by atoms with E-state index in [-0.39, 0.29) is 6.09 Å². The summed E-state index contributed by atoms with van der Waals surface area (Å²) in [5.41, 5.74) is 2.90. The van der Waals surface area contributed by atoms with Gasteiger partial charge >= 0.3 is 6.09 Å². The van der Waals surface area contributed by atoms with Crippen molar-refractivity contribution in [2.24, 2.45) is 0 Å². The Morgan fingerprint density at radius 1 is 1.12 bits per heavy atom. The van der Waals surface area contributed by atoms with Gasteiger partial charge in [0, 0.05) is 16.6 Å². The zero-order chi connectivity index (χ0) is 18.7. The van der Waals surface area contributed by atoms with Gasteiger partial charge in [-0.2, -0.15) is 0 Å². The predicted octanol–water partition coefficient (Wildman–Crippen LogP) is 5.32. The maximum atomic E-state index is 12.4. The minimum atomic E-state index is -0.491. The SMILES string of the molecule is CC(C)(C)OC(=O)N1CCc2c(OCc3ccccc3)ccc(Br)c2C1. The van der Waals surface area contributed by atoms with Crippen LogP contribution in [0.3, 0.4) is 0 Å². The Labute approximate surface area is 163 Å². The fourth-order valence-electron chi connectivity index (χ4n) is 2.96. The molecular formula is C21H24BrNO3. The molecule has 0 saturated carbocycles. The molecule has 3 rings (SSSR count). The van der Waals surface area contributed by atoms with Crippen LogP contribution < -0.4 is 4.74 Å². The second-order valence-corrected chi connectivity index (χ2v) is 8.28. The Hall–Kier alpha value is -2.01. The molecule has 2 aromatic rings. The summed E-state index contributed by atoms with van der Waals surface area (Å²) in [6, 6.07) is 14.1. The quantitative estimate of drug-likeness (QED) is 0.677. The summed E-state index contributed by atoms with van der Waals surface area (Å²) in [7, 11) is 0. The summed E-state index contributed by atoms with van der Waals surface area (Å²) in [6.07, 6.45) is 0.476. The zero-order valence-electron chi connectivity index (χ0n) is 15.4. The molecule has 0 unspecified atom stereocenters. The smallest absolute Gasteiger partial charge is 0.410 e. The van der Waals surface area contributed by atoms with Crippen LogP contribution in [0.1, 0.15) is 37.5 Å². The van der Waals surface area contributed by atoms with Gasteiger partial charge in [-0.25, -0.2) is 4.79 Å².